The average Bonchev–Trinajstić information content (AvgIpc) is 2.66. The van der Waals surface area contributed by atoms with Crippen LogP contribution in [0.1, 0.15) is 45.6 Å². The van der Waals surface area contributed by atoms with Gasteiger partial charge in [0.2, 0.25) is 5.91 Å². The summed E-state index contributed by atoms with van der Waals surface area (Å²) in [5.74, 6) is 2.66. The smallest absolute Gasteiger partial charge is 0.220 e. The fourth-order valence-electron chi connectivity index (χ4n) is 3.62. The van der Waals surface area contributed by atoms with Crippen LogP contribution in [0.5, 0.6) is 11.5 Å². The Morgan fingerprint density at radius 1 is 1.23 bits per heavy atom. The van der Waals surface area contributed by atoms with Gasteiger partial charge in [-0.2, -0.15) is 0 Å². The number of nitrogens with one attached hydrogen (secondary N) is 2. The average molecular weight is 363 g/mol. The van der Waals surface area contributed by atoms with Gasteiger partial charge in [0.25, 0.3) is 0 Å². The molecule has 1 heterocycles. The topological polar surface area (TPSA) is 59.6 Å². The quantitative estimate of drug-likeness (QED) is 0.746. The molecule has 1 atom stereocenters. The highest BCUT2D eigenvalue weighted by Gasteiger charge is 2.25. The summed E-state index contributed by atoms with van der Waals surface area (Å²) in [6, 6.07) is 5.94. The molecule has 2 N–H and O–H groups in total. The van der Waals surface area contributed by atoms with Crippen molar-refractivity contribution in [2.24, 2.45) is 11.8 Å². The van der Waals surface area contributed by atoms with Crippen molar-refractivity contribution in [3.05, 3.63) is 23.8 Å². The summed E-state index contributed by atoms with van der Waals surface area (Å²) in [4.78, 5) is 12.4. The lowest BCUT2D eigenvalue weighted by Crippen LogP contribution is -2.38. The van der Waals surface area contributed by atoms with E-state index in [1.807, 2.05) is 18.2 Å². The predicted octanol–water partition coefficient (Wildman–Crippen LogP) is 3.12. The maximum Gasteiger partial charge on any atom is 0.220 e. The second kappa shape index (κ2) is 9.26. The van der Waals surface area contributed by atoms with Crippen LogP contribution in [-0.4, -0.2) is 39.8 Å². The molecule has 1 unspecified atom stereocenters. The maximum atomic E-state index is 12.4. The molecule has 1 fully saturated rings. The Hall–Kier alpha value is -1.75. The van der Waals surface area contributed by atoms with Crippen LogP contribution in [0.4, 0.5) is 0 Å². The molecule has 26 heavy (non-hydrogen) atoms. The van der Waals surface area contributed by atoms with Gasteiger partial charge in [-0.1, -0.05) is 26.8 Å². The predicted molar refractivity (Wildman–Crippen MR) is 105 cm³/mol. The van der Waals surface area contributed by atoms with E-state index in [1.54, 1.807) is 14.2 Å². The molecule has 1 saturated heterocycles. The molecular weight excluding hydrogens is 328 g/mol. The highest BCUT2D eigenvalue weighted by molar-refractivity contribution is 5.76. The van der Waals surface area contributed by atoms with E-state index in [2.05, 4.69) is 31.4 Å². The molecule has 146 valence electrons. The number of ether oxygens (including phenoxy) is 2. The van der Waals surface area contributed by atoms with Crippen LogP contribution < -0.4 is 20.1 Å². The van der Waals surface area contributed by atoms with Gasteiger partial charge in [0.05, 0.1) is 14.2 Å². The van der Waals surface area contributed by atoms with E-state index in [9.17, 15) is 4.79 Å². The largest absolute Gasteiger partial charge is 0.493 e. The Kier molecular flexibility index (Phi) is 7.33. The zero-order valence-corrected chi connectivity index (χ0v) is 16.9. The van der Waals surface area contributed by atoms with E-state index in [1.165, 1.54) is 12.8 Å². The minimum Gasteiger partial charge on any atom is -0.493 e. The zero-order chi connectivity index (χ0) is 19.2. The second-order valence-corrected chi connectivity index (χ2v) is 8.00. The number of benzene rings is 1. The SMILES string of the molecule is COc1ccc(C(C)(C)CNC(=O)CC(C)C2CCNCC2)cc1OC. The number of carbonyl (C=O) groups excluding carboxylic acids is 1. The summed E-state index contributed by atoms with van der Waals surface area (Å²) in [7, 11) is 3.27. The molecule has 0 spiro atoms. The molecule has 1 aromatic rings. The first-order chi connectivity index (χ1) is 12.4. The molecule has 5 heteroatoms. The Morgan fingerprint density at radius 3 is 2.50 bits per heavy atom. The molecule has 2 rings (SSSR count). The van der Waals surface area contributed by atoms with Crippen LogP contribution in [0.3, 0.4) is 0 Å². The Labute approximate surface area is 157 Å². The molecule has 0 aromatic heterocycles. The van der Waals surface area contributed by atoms with Gasteiger partial charge in [-0.25, -0.2) is 0 Å². The van der Waals surface area contributed by atoms with E-state index >= 15 is 0 Å². The molecule has 0 radical (unpaired) electrons. The van der Waals surface area contributed by atoms with Crippen molar-refractivity contribution in [2.45, 2.75) is 45.4 Å². The van der Waals surface area contributed by atoms with E-state index in [0.717, 1.165) is 18.7 Å². The number of amides is 1. The van der Waals surface area contributed by atoms with Crippen LogP contribution in [0.15, 0.2) is 18.2 Å². The minimum absolute atomic E-state index is 0.143. The molecule has 1 aliphatic rings. The van der Waals surface area contributed by atoms with Gasteiger partial charge < -0.3 is 20.1 Å². The van der Waals surface area contributed by atoms with Crippen molar-refractivity contribution < 1.29 is 14.3 Å². The van der Waals surface area contributed by atoms with Crippen molar-refractivity contribution >= 4 is 5.91 Å². The lowest BCUT2D eigenvalue weighted by molar-refractivity contribution is -0.122. The number of rotatable bonds is 8. The Morgan fingerprint density at radius 2 is 1.88 bits per heavy atom. The molecule has 1 amide bonds. The zero-order valence-electron chi connectivity index (χ0n) is 16.9. The van der Waals surface area contributed by atoms with Gasteiger partial charge in [-0.3, -0.25) is 4.79 Å². The summed E-state index contributed by atoms with van der Waals surface area (Å²) in [5, 5.41) is 6.51. The third-order valence-corrected chi connectivity index (χ3v) is 5.59. The standard InChI is InChI=1S/C21H34N2O3/c1-15(16-8-10-22-11-9-16)12-20(24)23-14-21(2,3)17-6-7-18(25-4)19(13-17)26-5/h6-7,13,15-16,22H,8-12,14H2,1-5H3,(H,23,24). The van der Waals surface area contributed by atoms with Gasteiger partial charge in [-0.15, -0.1) is 0 Å². The molecule has 0 aliphatic carbocycles. The number of hydrogen-bond acceptors (Lipinski definition) is 4. The van der Waals surface area contributed by atoms with Crippen LogP contribution in [0, 0.1) is 11.8 Å². The minimum atomic E-state index is -0.187. The molecular formula is C21H34N2O3. The number of methoxy groups -OCH3 is 2. The first-order valence-corrected chi connectivity index (χ1v) is 9.57. The van der Waals surface area contributed by atoms with Crippen LogP contribution >= 0.6 is 0 Å². The monoisotopic (exact) mass is 362 g/mol. The van der Waals surface area contributed by atoms with Gasteiger partial charge in [0.1, 0.15) is 0 Å². The Bertz CT molecular complexity index is 595. The molecule has 1 aliphatic heterocycles. The molecule has 5 nitrogen and oxygen atoms in total. The van der Waals surface area contributed by atoms with Gasteiger partial charge in [0.15, 0.2) is 11.5 Å². The normalized spacial score (nSPS) is 16.8. The first kappa shape index (κ1) is 20.6. The summed E-state index contributed by atoms with van der Waals surface area (Å²) in [5.41, 5.74) is 0.926. The summed E-state index contributed by atoms with van der Waals surface area (Å²) in [6.45, 7) is 9.21. The van der Waals surface area contributed by atoms with Crippen molar-refractivity contribution in [2.75, 3.05) is 33.9 Å². The summed E-state index contributed by atoms with van der Waals surface area (Å²) < 4.78 is 10.7. The first-order valence-electron chi connectivity index (χ1n) is 9.57. The van der Waals surface area contributed by atoms with Crippen molar-refractivity contribution in [1.82, 2.24) is 10.6 Å². The lowest BCUT2D eigenvalue weighted by atomic mass is 9.83. The third kappa shape index (κ3) is 5.37. The van der Waals surface area contributed by atoms with Crippen molar-refractivity contribution in [1.29, 1.82) is 0 Å². The third-order valence-electron chi connectivity index (χ3n) is 5.59. The van der Waals surface area contributed by atoms with Crippen LogP contribution in [0.2, 0.25) is 0 Å². The number of carbonyl (C=O) groups is 1. The molecule has 0 bridgehead atoms. The van der Waals surface area contributed by atoms with Crippen LogP contribution in [-0.2, 0) is 10.2 Å². The maximum absolute atomic E-state index is 12.4. The molecule has 1 aromatic carbocycles. The van der Waals surface area contributed by atoms with E-state index in [-0.39, 0.29) is 11.3 Å². The lowest BCUT2D eigenvalue weighted by Gasteiger charge is -2.29. The molecule has 0 saturated carbocycles. The second-order valence-electron chi connectivity index (χ2n) is 8.00. The van der Waals surface area contributed by atoms with E-state index in [4.69, 9.17) is 9.47 Å². The fourth-order valence-corrected chi connectivity index (χ4v) is 3.62. The van der Waals surface area contributed by atoms with Crippen molar-refractivity contribution in [3.8, 4) is 11.5 Å². The number of piperidine rings is 1. The van der Waals surface area contributed by atoms with Gasteiger partial charge >= 0.3 is 0 Å². The highest BCUT2D eigenvalue weighted by atomic mass is 16.5. The van der Waals surface area contributed by atoms with Gasteiger partial charge in [0, 0.05) is 18.4 Å². The Balaban J connectivity index is 1.91. The summed E-state index contributed by atoms with van der Waals surface area (Å²) in [6.07, 6.45) is 2.95. The fraction of sp³-hybridized carbons (Fsp3) is 0.667. The highest BCUT2D eigenvalue weighted by Crippen LogP contribution is 2.33. The van der Waals surface area contributed by atoms with E-state index < -0.39 is 0 Å². The van der Waals surface area contributed by atoms with Crippen LogP contribution in [0.25, 0.3) is 0 Å². The van der Waals surface area contributed by atoms with E-state index in [0.29, 0.717) is 36.3 Å². The number of hydrogen-bond donors (Lipinski definition) is 2. The van der Waals surface area contributed by atoms with Crippen molar-refractivity contribution in [3.63, 3.8) is 0 Å². The van der Waals surface area contributed by atoms with Gasteiger partial charge in [-0.05, 0) is 55.5 Å². The summed E-state index contributed by atoms with van der Waals surface area (Å²) >= 11 is 0.